The molecule has 0 saturated heterocycles. The lowest BCUT2D eigenvalue weighted by Crippen LogP contribution is -2.13. The van der Waals surface area contributed by atoms with Crippen LogP contribution in [0.15, 0.2) is 24.3 Å². The first-order valence-electron chi connectivity index (χ1n) is 11.3. The highest BCUT2D eigenvalue weighted by Crippen LogP contribution is 2.14. The van der Waals surface area contributed by atoms with Gasteiger partial charge in [0, 0.05) is 18.1 Å². The molecule has 1 aromatic carbocycles. The number of aryl methyl sites for hydroxylation is 1. The fourth-order valence-electron chi connectivity index (χ4n) is 3.19. The summed E-state index contributed by atoms with van der Waals surface area (Å²) in [6.45, 7) is 2.96. The van der Waals surface area contributed by atoms with Crippen molar-refractivity contribution in [2.75, 3.05) is 18.1 Å². The zero-order chi connectivity index (χ0) is 20.3. The number of ether oxygens (including phenoxy) is 1. The maximum atomic E-state index is 9.89. The Bertz CT molecular complexity index is 452. The molecule has 0 saturated carbocycles. The van der Waals surface area contributed by atoms with Gasteiger partial charge in [0.15, 0.2) is 6.29 Å². The van der Waals surface area contributed by atoms with E-state index in [-0.39, 0.29) is 0 Å². The fourth-order valence-corrected chi connectivity index (χ4v) is 4.29. The van der Waals surface area contributed by atoms with Crippen molar-refractivity contribution in [1.82, 2.24) is 0 Å². The molecule has 1 rings (SSSR count). The molecule has 1 aromatic rings. The third-order valence-corrected chi connectivity index (χ3v) is 6.34. The second-order valence-electron chi connectivity index (χ2n) is 7.64. The van der Waals surface area contributed by atoms with Crippen LogP contribution in [0.2, 0.25) is 5.02 Å². The summed E-state index contributed by atoms with van der Waals surface area (Å²) < 4.78 is 5.52. The first-order valence-corrected chi connectivity index (χ1v) is 12.9. The van der Waals surface area contributed by atoms with Gasteiger partial charge in [0.2, 0.25) is 0 Å². The number of thioether (sulfide) groups is 1. The van der Waals surface area contributed by atoms with Crippen LogP contribution < -0.4 is 0 Å². The van der Waals surface area contributed by atoms with E-state index in [2.05, 4.69) is 19.1 Å². The molecule has 1 N–H and O–H groups in total. The molecular weight excluding hydrogens is 388 g/mol. The molecule has 0 aliphatic rings. The topological polar surface area (TPSA) is 29.5 Å². The summed E-state index contributed by atoms with van der Waals surface area (Å²) in [5.41, 5.74) is 1.37. The van der Waals surface area contributed by atoms with Crippen molar-refractivity contribution in [2.45, 2.75) is 96.7 Å². The van der Waals surface area contributed by atoms with E-state index < -0.39 is 6.29 Å². The molecule has 0 aliphatic heterocycles. The standard InChI is InChI=1S/C24H41ClO2S/c1-2-3-4-5-6-7-8-11-19-27-24(26)18-21-28-20-12-9-10-13-22-14-16-23(25)17-15-22/h14-17,24,26H,2-13,18-21H2,1H3. The maximum Gasteiger partial charge on any atom is 0.155 e. The van der Waals surface area contributed by atoms with Crippen molar-refractivity contribution >= 4 is 23.4 Å². The van der Waals surface area contributed by atoms with Gasteiger partial charge in [-0.15, -0.1) is 0 Å². The number of benzene rings is 1. The molecule has 0 bridgehead atoms. The van der Waals surface area contributed by atoms with Gasteiger partial charge in [-0.1, -0.05) is 82.0 Å². The summed E-state index contributed by atoms with van der Waals surface area (Å²) in [4.78, 5) is 0. The first-order chi connectivity index (χ1) is 13.7. The Balaban J connectivity index is 1.80. The van der Waals surface area contributed by atoms with Crippen molar-refractivity contribution in [1.29, 1.82) is 0 Å². The van der Waals surface area contributed by atoms with Crippen LogP contribution in [0, 0.1) is 0 Å². The van der Waals surface area contributed by atoms with Crippen LogP contribution in [0.25, 0.3) is 0 Å². The monoisotopic (exact) mass is 428 g/mol. The van der Waals surface area contributed by atoms with E-state index in [1.165, 1.54) is 75.5 Å². The fraction of sp³-hybridized carbons (Fsp3) is 0.750. The van der Waals surface area contributed by atoms with Gasteiger partial charge in [-0.05, 0) is 54.9 Å². The van der Waals surface area contributed by atoms with E-state index >= 15 is 0 Å². The molecule has 162 valence electrons. The number of hydrogen-bond donors (Lipinski definition) is 1. The average molecular weight is 429 g/mol. The van der Waals surface area contributed by atoms with E-state index in [1.54, 1.807) is 0 Å². The molecule has 0 heterocycles. The second kappa shape index (κ2) is 18.8. The van der Waals surface area contributed by atoms with Gasteiger partial charge >= 0.3 is 0 Å². The predicted octanol–water partition coefficient (Wildman–Crippen LogP) is 7.65. The lowest BCUT2D eigenvalue weighted by atomic mass is 10.1. The number of halogens is 1. The van der Waals surface area contributed by atoms with Gasteiger partial charge in [0.25, 0.3) is 0 Å². The normalized spacial score (nSPS) is 12.4. The van der Waals surface area contributed by atoms with Gasteiger partial charge in [0.1, 0.15) is 0 Å². The summed E-state index contributed by atoms with van der Waals surface area (Å²) in [5.74, 6) is 2.15. The van der Waals surface area contributed by atoms with Gasteiger partial charge in [0.05, 0.1) is 0 Å². The van der Waals surface area contributed by atoms with Crippen LogP contribution >= 0.6 is 23.4 Å². The van der Waals surface area contributed by atoms with Crippen molar-refractivity contribution in [3.8, 4) is 0 Å². The third kappa shape index (κ3) is 15.7. The predicted molar refractivity (Wildman–Crippen MR) is 126 cm³/mol. The number of aliphatic hydroxyl groups excluding tert-OH is 1. The van der Waals surface area contributed by atoms with E-state index in [0.29, 0.717) is 6.61 Å². The molecule has 0 radical (unpaired) electrons. The second-order valence-corrected chi connectivity index (χ2v) is 9.30. The molecule has 2 nitrogen and oxygen atoms in total. The van der Waals surface area contributed by atoms with Crippen molar-refractivity contribution in [2.24, 2.45) is 0 Å². The maximum absolute atomic E-state index is 9.89. The molecule has 1 unspecified atom stereocenters. The molecule has 0 amide bonds. The number of aliphatic hydroxyl groups is 1. The molecule has 4 heteroatoms. The zero-order valence-corrected chi connectivity index (χ0v) is 19.4. The SMILES string of the molecule is CCCCCCCCCCOC(O)CCSCCCCCc1ccc(Cl)cc1. The highest BCUT2D eigenvalue weighted by Gasteiger charge is 2.04. The molecule has 1 atom stereocenters. The van der Waals surface area contributed by atoms with Gasteiger partial charge < -0.3 is 9.84 Å². The Kier molecular flexibility index (Phi) is 17.3. The smallest absolute Gasteiger partial charge is 0.155 e. The number of rotatable bonds is 19. The lowest BCUT2D eigenvalue weighted by Gasteiger charge is -2.11. The molecule has 28 heavy (non-hydrogen) atoms. The zero-order valence-electron chi connectivity index (χ0n) is 17.8. The van der Waals surface area contributed by atoms with E-state index in [4.69, 9.17) is 16.3 Å². The molecular formula is C24H41ClO2S. The molecule has 0 aromatic heterocycles. The van der Waals surface area contributed by atoms with Gasteiger partial charge in [-0.2, -0.15) is 11.8 Å². The first kappa shape index (κ1) is 25.8. The van der Waals surface area contributed by atoms with Gasteiger partial charge in [-0.3, -0.25) is 0 Å². The Morgan fingerprint density at radius 2 is 1.50 bits per heavy atom. The van der Waals surface area contributed by atoms with E-state index in [1.807, 2.05) is 23.9 Å². The van der Waals surface area contributed by atoms with Crippen molar-refractivity contribution in [3.63, 3.8) is 0 Å². The summed E-state index contributed by atoms with van der Waals surface area (Å²) in [6, 6.07) is 8.17. The minimum atomic E-state index is -0.582. The molecule has 0 fully saturated rings. The van der Waals surface area contributed by atoms with Crippen LogP contribution in [0.4, 0.5) is 0 Å². The highest BCUT2D eigenvalue weighted by molar-refractivity contribution is 7.99. The Hall–Kier alpha value is -0.220. The van der Waals surface area contributed by atoms with Crippen LogP contribution in [-0.4, -0.2) is 29.5 Å². The van der Waals surface area contributed by atoms with Gasteiger partial charge in [-0.25, -0.2) is 0 Å². The summed E-state index contributed by atoms with van der Waals surface area (Å²) in [5, 5.41) is 10.7. The van der Waals surface area contributed by atoms with Crippen LogP contribution in [-0.2, 0) is 11.2 Å². The number of hydrogen-bond acceptors (Lipinski definition) is 3. The Labute approximate surface area is 182 Å². The third-order valence-electron chi connectivity index (χ3n) is 4.98. The van der Waals surface area contributed by atoms with Crippen LogP contribution in [0.3, 0.4) is 0 Å². The van der Waals surface area contributed by atoms with Crippen LogP contribution in [0.1, 0.15) is 89.5 Å². The van der Waals surface area contributed by atoms with Crippen LogP contribution in [0.5, 0.6) is 0 Å². The minimum absolute atomic E-state index is 0.582. The van der Waals surface area contributed by atoms with Crippen molar-refractivity contribution < 1.29 is 9.84 Å². The largest absolute Gasteiger partial charge is 0.368 e. The average Bonchev–Trinajstić information content (AvgIpc) is 2.70. The lowest BCUT2D eigenvalue weighted by molar-refractivity contribution is -0.100. The summed E-state index contributed by atoms with van der Waals surface area (Å²) in [6.07, 6.45) is 15.4. The summed E-state index contributed by atoms with van der Waals surface area (Å²) >= 11 is 7.83. The van der Waals surface area contributed by atoms with Crippen molar-refractivity contribution in [3.05, 3.63) is 34.9 Å². The van der Waals surface area contributed by atoms with E-state index in [0.717, 1.165) is 30.0 Å². The minimum Gasteiger partial charge on any atom is -0.368 e. The van der Waals surface area contributed by atoms with E-state index in [9.17, 15) is 5.11 Å². The molecule has 0 spiro atoms. The Morgan fingerprint density at radius 3 is 2.21 bits per heavy atom. The summed E-state index contributed by atoms with van der Waals surface area (Å²) in [7, 11) is 0. The quantitative estimate of drug-likeness (QED) is 0.181. The number of unbranched alkanes of at least 4 members (excludes halogenated alkanes) is 9. The Morgan fingerprint density at radius 1 is 0.857 bits per heavy atom. The highest BCUT2D eigenvalue weighted by atomic mass is 35.5. The molecule has 0 aliphatic carbocycles.